The van der Waals surface area contributed by atoms with E-state index in [-0.39, 0.29) is 11.4 Å². The highest BCUT2D eigenvalue weighted by atomic mass is 32.2. The molecule has 0 aliphatic rings. The number of benzene rings is 2. The van der Waals surface area contributed by atoms with Gasteiger partial charge in [0.1, 0.15) is 5.75 Å². The average molecular weight is 396 g/mol. The summed E-state index contributed by atoms with van der Waals surface area (Å²) in [5.41, 5.74) is 7.22. The molecule has 0 fully saturated rings. The van der Waals surface area contributed by atoms with Gasteiger partial charge in [-0.1, -0.05) is 12.1 Å². The van der Waals surface area contributed by atoms with Crippen LogP contribution in [0, 0.1) is 6.92 Å². The normalized spacial score (nSPS) is 12.8. The van der Waals surface area contributed by atoms with Crippen LogP contribution in [0.2, 0.25) is 0 Å². The first-order valence-electron chi connectivity index (χ1n) is 7.64. The van der Waals surface area contributed by atoms with Crippen LogP contribution in [0.3, 0.4) is 0 Å². The Hall–Kier alpha value is -2.85. The van der Waals surface area contributed by atoms with Gasteiger partial charge in [-0.2, -0.15) is 22.5 Å². The zero-order valence-corrected chi connectivity index (χ0v) is 14.8. The van der Waals surface area contributed by atoms with Crippen molar-refractivity contribution in [2.45, 2.75) is 13.1 Å². The van der Waals surface area contributed by atoms with Crippen LogP contribution in [0.5, 0.6) is 5.75 Å². The number of aromatic nitrogens is 2. The minimum atomic E-state index is -4.60. The van der Waals surface area contributed by atoms with Gasteiger partial charge >= 0.3 is 6.18 Å². The molecule has 0 aliphatic carbocycles. The molecule has 6 nitrogen and oxygen atoms in total. The van der Waals surface area contributed by atoms with E-state index in [0.29, 0.717) is 16.9 Å². The van der Waals surface area contributed by atoms with E-state index >= 15 is 0 Å². The van der Waals surface area contributed by atoms with Crippen LogP contribution in [-0.2, 0) is 17.4 Å². The van der Waals surface area contributed by atoms with Crippen molar-refractivity contribution in [3.8, 4) is 22.7 Å². The fourth-order valence-corrected chi connectivity index (χ4v) is 2.76. The zero-order valence-electron chi connectivity index (χ0n) is 14.0. The van der Waals surface area contributed by atoms with Gasteiger partial charge < -0.3 is 9.92 Å². The highest BCUT2D eigenvalue weighted by molar-refractivity contribution is 7.78. The molecule has 0 aliphatic heterocycles. The quantitative estimate of drug-likeness (QED) is 0.661. The van der Waals surface area contributed by atoms with Gasteiger partial charge in [0.15, 0.2) is 5.69 Å². The van der Waals surface area contributed by atoms with Gasteiger partial charge in [0, 0.05) is 11.3 Å². The Morgan fingerprint density at radius 2 is 1.78 bits per heavy atom. The van der Waals surface area contributed by atoms with Gasteiger partial charge in [0.25, 0.3) is 11.3 Å². The molecule has 1 aromatic heterocycles. The van der Waals surface area contributed by atoms with Crippen molar-refractivity contribution >= 4 is 17.0 Å². The number of rotatable bonds is 4. The maximum atomic E-state index is 13.2. The van der Waals surface area contributed by atoms with Crippen molar-refractivity contribution in [3.05, 3.63) is 59.8 Å². The van der Waals surface area contributed by atoms with E-state index in [9.17, 15) is 17.4 Å². The standard InChI is InChI=1S/C17H15F3N4O2S/c1-10-2-3-11(8-14(10)21)15-9-16(17(18,19)20)23-24(15)12-4-6-13(7-5-12)26-27(22)25/h2-9H,21-22H2,1H3. The van der Waals surface area contributed by atoms with Crippen molar-refractivity contribution in [2.75, 3.05) is 5.73 Å². The first-order valence-corrected chi connectivity index (χ1v) is 8.77. The number of aryl methyl sites for hydroxylation is 1. The van der Waals surface area contributed by atoms with Gasteiger partial charge in [0.05, 0.1) is 11.4 Å². The molecule has 1 unspecified atom stereocenters. The van der Waals surface area contributed by atoms with Crippen molar-refractivity contribution in [1.29, 1.82) is 0 Å². The number of nitrogens with zero attached hydrogens (tertiary/aromatic N) is 2. The largest absolute Gasteiger partial charge is 0.435 e. The summed E-state index contributed by atoms with van der Waals surface area (Å²) >= 11 is -2.00. The van der Waals surface area contributed by atoms with E-state index in [1.807, 2.05) is 0 Å². The number of halogens is 3. The molecule has 4 N–H and O–H groups in total. The van der Waals surface area contributed by atoms with E-state index in [1.54, 1.807) is 25.1 Å². The number of hydrogen-bond acceptors (Lipinski definition) is 4. The lowest BCUT2D eigenvalue weighted by Gasteiger charge is -2.10. The molecule has 27 heavy (non-hydrogen) atoms. The second-order valence-corrected chi connectivity index (χ2v) is 6.42. The van der Waals surface area contributed by atoms with Gasteiger partial charge in [-0.3, -0.25) is 0 Å². The van der Waals surface area contributed by atoms with Gasteiger partial charge in [0.2, 0.25) is 0 Å². The summed E-state index contributed by atoms with van der Waals surface area (Å²) in [6.45, 7) is 1.80. The summed E-state index contributed by atoms with van der Waals surface area (Å²) in [5, 5.41) is 8.74. The first kappa shape index (κ1) is 18.9. The summed E-state index contributed by atoms with van der Waals surface area (Å²) in [5.74, 6) is 0.212. The van der Waals surface area contributed by atoms with Crippen molar-refractivity contribution in [2.24, 2.45) is 5.14 Å². The van der Waals surface area contributed by atoms with E-state index in [1.165, 1.54) is 24.3 Å². The predicted octanol–water partition coefficient (Wildman–Crippen LogP) is 3.36. The molecule has 3 rings (SSSR count). The molecule has 0 saturated heterocycles. The monoisotopic (exact) mass is 396 g/mol. The Morgan fingerprint density at radius 3 is 2.33 bits per heavy atom. The molecule has 0 amide bonds. The highest BCUT2D eigenvalue weighted by Gasteiger charge is 2.35. The van der Waals surface area contributed by atoms with Gasteiger partial charge in [-0.25, -0.2) is 9.82 Å². The Kier molecular flexibility index (Phi) is 4.94. The lowest BCUT2D eigenvalue weighted by molar-refractivity contribution is -0.141. The van der Waals surface area contributed by atoms with Crippen molar-refractivity contribution in [3.63, 3.8) is 0 Å². The number of alkyl halides is 3. The summed E-state index contributed by atoms with van der Waals surface area (Å²) in [6.07, 6.45) is -4.60. The van der Waals surface area contributed by atoms with Crippen LogP contribution in [-0.4, -0.2) is 14.0 Å². The molecule has 0 saturated carbocycles. The topological polar surface area (TPSA) is 96.2 Å². The number of nitrogens with two attached hydrogens (primary N) is 2. The molecule has 3 aromatic rings. The fourth-order valence-electron chi connectivity index (χ4n) is 2.46. The number of hydrogen-bond donors (Lipinski definition) is 2. The molecular weight excluding hydrogens is 381 g/mol. The van der Waals surface area contributed by atoms with Gasteiger partial charge in [-0.05, 0) is 48.9 Å². The van der Waals surface area contributed by atoms with E-state index in [4.69, 9.17) is 15.1 Å². The third-order valence-corrected chi connectivity index (χ3v) is 4.19. The Morgan fingerprint density at radius 1 is 1.11 bits per heavy atom. The van der Waals surface area contributed by atoms with Crippen LogP contribution in [0.1, 0.15) is 11.3 Å². The average Bonchev–Trinajstić information content (AvgIpc) is 3.03. The smallest absolute Gasteiger partial charge is 0.398 e. The Labute approximate surface area is 155 Å². The Bertz CT molecular complexity index is 1000. The van der Waals surface area contributed by atoms with Crippen LogP contribution in [0.4, 0.5) is 18.9 Å². The minimum absolute atomic E-state index is 0.212. The molecule has 1 heterocycles. The minimum Gasteiger partial charge on any atom is -0.398 e. The summed E-state index contributed by atoms with van der Waals surface area (Å²) in [6, 6.07) is 11.8. The number of anilines is 1. The second kappa shape index (κ2) is 7.05. The molecule has 2 aromatic carbocycles. The van der Waals surface area contributed by atoms with Gasteiger partial charge in [-0.15, -0.1) is 0 Å². The highest BCUT2D eigenvalue weighted by Crippen LogP contribution is 2.34. The van der Waals surface area contributed by atoms with Crippen molar-refractivity contribution < 1.29 is 21.6 Å². The summed E-state index contributed by atoms with van der Waals surface area (Å²) in [7, 11) is 0. The summed E-state index contributed by atoms with van der Waals surface area (Å²) in [4.78, 5) is 0. The molecule has 0 bridgehead atoms. The molecular formula is C17H15F3N4O2S. The van der Waals surface area contributed by atoms with E-state index in [0.717, 1.165) is 16.3 Å². The first-order chi connectivity index (χ1) is 12.6. The SMILES string of the molecule is Cc1ccc(-c2cc(C(F)(F)F)nn2-c2ccc(OS(N)=O)cc2)cc1N. The van der Waals surface area contributed by atoms with E-state index in [2.05, 4.69) is 5.10 Å². The van der Waals surface area contributed by atoms with Crippen LogP contribution in [0.25, 0.3) is 16.9 Å². The Balaban J connectivity index is 2.11. The van der Waals surface area contributed by atoms with Crippen LogP contribution >= 0.6 is 0 Å². The molecule has 0 radical (unpaired) electrons. The predicted molar refractivity (Wildman–Crippen MR) is 96.1 cm³/mol. The van der Waals surface area contributed by atoms with Crippen LogP contribution < -0.4 is 15.1 Å². The molecule has 1 atom stereocenters. The zero-order chi connectivity index (χ0) is 19.8. The maximum Gasteiger partial charge on any atom is 0.435 e. The lowest BCUT2D eigenvalue weighted by atomic mass is 10.1. The third-order valence-electron chi connectivity index (χ3n) is 3.83. The second-order valence-electron chi connectivity index (χ2n) is 5.73. The summed E-state index contributed by atoms with van der Waals surface area (Å²) < 4.78 is 56.5. The number of nitrogen functional groups attached to an aromatic ring is 1. The maximum absolute atomic E-state index is 13.2. The van der Waals surface area contributed by atoms with E-state index < -0.39 is 23.1 Å². The molecule has 142 valence electrons. The van der Waals surface area contributed by atoms with Crippen LogP contribution in [0.15, 0.2) is 48.5 Å². The third kappa shape index (κ3) is 4.12. The lowest BCUT2D eigenvalue weighted by Crippen LogP contribution is -2.10. The van der Waals surface area contributed by atoms with Crippen molar-refractivity contribution in [1.82, 2.24) is 9.78 Å². The fraction of sp³-hybridized carbons (Fsp3) is 0.118. The molecule has 0 spiro atoms. The molecule has 10 heteroatoms.